The fourth-order valence-electron chi connectivity index (χ4n) is 4.68. The zero-order chi connectivity index (χ0) is 23.5. The second kappa shape index (κ2) is 13.2. The molecule has 0 N–H and O–H groups in total. The molecule has 1 aliphatic carbocycles. The highest BCUT2D eigenvalue weighted by atomic mass is 16.7. The van der Waals surface area contributed by atoms with Crippen LogP contribution in [0.2, 0.25) is 0 Å². The van der Waals surface area contributed by atoms with Gasteiger partial charge in [-0.05, 0) is 47.2 Å². The second-order valence-corrected chi connectivity index (χ2v) is 9.23. The summed E-state index contributed by atoms with van der Waals surface area (Å²) < 4.78 is 0. The minimum Gasteiger partial charge on any atom is -0.334 e. The molecule has 178 valence electrons. The monoisotopic (exact) mass is 449 g/mol. The average Bonchev–Trinajstić information content (AvgIpc) is 3.18. The lowest BCUT2D eigenvalue weighted by molar-refractivity contribution is -0.148. The van der Waals surface area contributed by atoms with Crippen LogP contribution in [-0.4, -0.2) is 11.9 Å². The molecule has 0 aliphatic heterocycles. The van der Waals surface area contributed by atoms with Crippen LogP contribution in [0.5, 0.6) is 0 Å². The van der Waals surface area contributed by atoms with Crippen LogP contribution in [0.1, 0.15) is 102 Å². The first-order valence-electron chi connectivity index (χ1n) is 12.8. The van der Waals surface area contributed by atoms with Gasteiger partial charge in [-0.25, -0.2) is 4.79 Å². The van der Waals surface area contributed by atoms with Crippen LogP contribution in [0, 0.1) is 0 Å². The standard InChI is InChI=1S/C29H39NO3/c1-3-4-5-6-7-8-9-10-11-12-13-18-29(32)30(33-23(2)31)26-19-20-28-25(22-26)21-24-16-14-15-17-27(24)28/h14-17,19-20,22H,3-13,18,21H2,1-2H3. The Morgan fingerprint density at radius 3 is 2.06 bits per heavy atom. The molecule has 4 nitrogen and oxygen atoms in total. The maximum atomic E-state index is 12.9. The predicted octanol–water partition coefficient (Wildman–Crippen LogP) is 7.77. The minimum absolute atomic E-state index is 0.156. The maximum absolute atomic E-state index is 12.9. The summed E-state index contributed by atoms with van der Waals surface area (Å²) in [6, 6.07) is 14.2. The van der Waals surface area contributed by atoms with Crippen molar-refractivity contribution >= 4 is 17.6 Å². The molecule has 0 aromatic heterocycles. The van der Waals surface area contributed by atoms with Crippen molar-refractivity contribution in [1.29, 1.82) is 0 Å². The van der Waals surface area contributed by atoms with Gasteiger partial charge in [0.2, 0.25) is 0 Å². The van der Waals surface area contributed by atoms with E-state index in [0.29, 0.717) is 12.1 Å². The van der Waals surface area contributed by atoms with Crippen molar-refractivity contribution in [2.75, 3.05) is 5.06 Å². The smallest absolute Gasteiger partial charge is 0.330 e. The Morgan fingerprint density at radius 1 is 0.788 bits per heavy atom. The summed E-state index contributed by atoms with van der Waals surface area (Å²) in [6.45, 7) is 3.59. The zero-order valence-electron chi connectivity index (χ0n) is 20.4. The van der Waals surface area contributed by atoms with Crippen molar-refractivity contribution in [3.8, 4) is 11.1 Å². The fourth-order valence-corrected chi connectivity index (χ4v) is 4.68. The van der Waals surface area contributed by atoms with Gasteiger partial charge in [0.25, 0.3) is 5.91 Å². The molecule has 0 radical (unpaired) electrons. The molecule has 0 unspecified atom stereocenters. The quantitative estimate of drug-likeness (QED) is 0.198. The van der Waals surface area contributed by atoms with Crippen LogP contribution in [0.25, 0.3) is 11.1 Å². The number of carbonyl (C=O) groups excluding carboxylic acids is 2. The van der Waals surface area contributed by atoms with Crippen LogP contribution < -0.4 is 5.06 Å². The molecule has 33 heavy (non-hydrogen) atoms. The number of fused-ring (bicyclic) bond motifs is 3. The SMILES string of the molecule is CCCCCCCCCCCCCC(=O)N(OC(C)=O)c1ccc2c(c1)Cc1ccccc1-2. The number of nitrogens with zero attached hydrogens (tertiary/aromatic N) is 1. The number of hydroxylamine groups is 1. The molecule has 0 saturated carbocycles. The van der Waals surface area contributed by atoms with E-state index < -0.39 is 5.97 Å². The summed E-state index contributed by atoms with van der Waals surface area (Å²) >= 11 is 0. The first-order chi connectivity index (χ1) is 16.1. The van der Waals surface area contributed by atoms with Gasteiger partial charge < -0.3 is 4.84 Å². The van der Waals surface area contributed by atoms with Gasteiger partial charge in [-0.3, -0.25) is 4.79 Å². The molecule has 0 saturated heterocycles. The van der Waals surface area contributed by atoms with Crippen molar-refractivity contribution in [1.82, 2.24) is 0 Å². The highest BCUT2D eigenvalue weighted by molar-refractivity contribution is 5.94. The van der Waals surface area contributed by atoms with E-state index >= 15 is 0 Å². The first-order valence-corrected chi connectivity index (χ1v) is 12.8. The number of unbranched alkanes of at least 4 members (excludes halogenated alkanes) is 10. The van der Waals surface area contributed by atoms with E-state index in [9.17, 15) is 9.59 Å². The average molecular weight is 450 g/mol. The van der Waals surface area contributed by atoms with E-state index in [1.807, 2.05) is 30.3 Å². The summed E-state index contributed by atoms with van der Waals surface area (Å²) in [6.07, 6.45) is 14.8. The lowest BCUT2D eigenvalue weighted by Gasteiger charge is -2.21. The molecular formula is C29H39NO3. The Kier molecular flexibility index (Phi) is 9.99. The van der Waals surface area contributed by atoms with Gasteiger partial charge >= 0.3 is 5.97 Å². The Bertz CT molecular complexity index is 921. The lowest BCUT2D eigenvalue weighted by atomic mass is 10.0. The number of anilines is 1. The van der Waals surface area contributed by atoms with Crippen LogP contribution >= 0.6 is 0 Å². The van der Waals surface area contributed by atoms with Crippen LogP contribution in [0.15, 0.2) is 42.5 Å². The summed E-state index contributed by atoms with van der Waals surface area (Å²) in [5.74, 6) is -0.636. The first kappa shape index (κ1) is 25.0. The number of rotatable bonds is 13. The van der Waals surface area contributed by atoms with Crippen molar-refractivity contribution < 1.29 is 14.4 Å². The van der Waals surface area contributed by atoms with Gasteiger partial charge in [0.1, 0.15) is 0 Å². The molecule has 0 spiro atoms. The Balaban J connectivity index is 1.45. The van der Waals surface area contributed by atoms with Crippen molar-refractivity contribution in [3.63, 3.8) is 0 Å². The number of carbonyl (C=O) groups is 2. The summed E-state index contributed by atoms with van der Waals surface area (Å²) in [5.41, 5.74) is 5.51. The number of hydrogen-bond acceptors (Lipinski definition) is 3. The summed E-state index contributed by atoms with van der Waals surface area (Å²) in [5, 5.41) is 1.20. The molecule has 1 aliphatic rings. The van der Waals surface area contributed by atoms with E-state index in [-0.39, 0.29) is 5.91 Å². The van der Waals surface area contributed by atoms with E-state index in [2.05, 4.69) is 19.1 Å². The van der Waals surface area contributed by atoms with Gasteiger partial charge in [-0.2, -0.15) is 0 Å². The van der Waals surface area contributed by atoms with Gasteiger partial charge in [0.15, 0.2) is 0 Å². The largest absolute Gasteiger partial charge is 0.334 e. The van der Waals surface area contributed by atoms with Crippen molar-refractivity contribution in [2.24, 2.45) is 0 Å². The van der Waals surface area contributed by atoms with Crippen LogP contribution in [0.4, 0.5) is 5.69 Å². The molecule has 0 atom stereocenters. The van der Waals surface area contributed by atoms with E-state index in [1.54, 1.807) is 0 Å². The number of amides is 1. The molecule has 4 heteroatoms. The molecule has 2 aromatic rings. The van der Waals surface area contributed by atoms with E-state index in [1.165, 1.54) is 80.0 Å². The topological polar surface area (TPSA) is 46.6 Å². The van der Waals surface area contributed by atoms with Crippen molar-refractivity contribution in [2.45, 2.75) is 97.3 Å². The Morgan fingerprint density at radius 2 is 1.39 bits per heavy atom. The Hall–Kier alpha value is -2.62. The third kappa shape index (κ3) is 7.45. The van der Waals surface area contributed by atoms with E-state index in [4.69, 9.17) is 4.84 Å². The highest BCUT2D eigenvalue weighted by Gasteiger charge is 2.23. The molecule has 2 aromatic carbocycles. The van der Waals surface area contributed by atoms with Crippen molar-refractivity contribution in [3.05, 3.63) is 53.6 Å². The van der Waals surface area contributed by atoms with Gasteiger partial charge in [-0.1, -0.05) is 101 Å². The molecule has 0 heterocycles. The number of hydrogen-bond donors (Lipinski definition) is 0. The molecule has 0 bridgehead atoms. The van der Waals surface area contributed by atoms with Crippen LogP contribution in [0.3, 0.4) is 0 Å². The molecule has 0 fully saturated rings. The summed E-state index contributed by atoms with van der Waals surface area (Å²) in [7, 11) is 0. The molecule has 1 amide bonds. The van der Waals surface area contributed by atoms with Gasteiger partial charge in [-0.15, -0.1) is 5.06 Å². The zero-order valence-corrected chi connectivity index (χ0v) is 20.4. The summed E-state index contributed by atoms with van der Waals surface area (Å²) in [4.78, 5) is 29.9. The highest BCUT2D eigenvalue weighted by Crippen LogP contribution is 2.38. The second-order valence-electron chi connectivity index (χ2n) is 9.23. The Labute approximate surface area is 199 Å². The third-order valence-electron chi connectivity index (χ3n) is 6.45. The maximum Gasteiger partial charge on any atom is 0.330 e. The molecular weight excluding hydrogens is 410 g/mol. The fraction of sp³-hybridized carbons (Fsp3) is 0.517. The lowest BCUT2D eigenvalue weighted by Crippen LogP contribution is -2.32. The predicted molar refractivity (Wildman–Crippen MR) is 135 cm³/mol. The normalized spacial score (nSPS) is 11.7. The van der Waals surface area contributed by atoms with E-state index in [0.717, 1.165) is 31.2 Å². The van der Waals surface area contributed by atoms with Gasteiger partial charge in [0.05, 0.1) is 5.69 Å². The molecule has 3 rings (SSSR count). The number of benzene rings is 2. The minimum atomic E-state index is -0.480. The van der Waals surface area contributed by atoms with Gasteiger partial charge in [0, 0.05) is 13.3 Å². The third-order valence-corrected chi connectivity index (χ3v) is 6.45. The van der Waals surface area contributed by atoms with Crippen LogP contribution in [-0.2, 0) is 20.8 Å².